The van der Waals surface area contributed by atoms with Crippen LogP contribution in [0.25, 0.3) is 0 Å². The summed E-state index contributed by atoms with van der Waals surface area (Å²) in [6, 6.07) is 0. The molecule has 1 nitrogen and oxygen atoms in total. The average molecular weight is 196 g/mol. The van der Waals surface area contributed by atoms with E-state index in [2.05, 4.69) is 0 Å². The molecule has 0 heterocycles. The number of halogens is 6. The second-order valence-corrected chi connectivity index (χ2v) is 2.21. The van der Waals surface area contributed by atoms with Gasteiger partial charge in [0.15, 0.2) is 0 Å². The monoisotopic (exact) mass is 196 g/mol. The van der Waals surface area contributed by atoms with E-state index in [-0.39, 0.29) is 0 Å². The fourth-order valence-corrected chi connectivity index (χ4v) is 0.464. The van der Waals surface area contributed by atoms with E-state index in [1.54, 1.807) is 0 Å². The molecule has 0 rings (SSSR count). The second-order valence-electron chi connectivity index (χ2n) is 2.21. The van der Waals surface area contributed by atoms with E-state index >= 15 is 0 Å². The zero-order valence-corrected chi connectivity index (χ0v) is 5.71. The van der Waals surface area contributed by atoms with Gasteiger partial charge in [-0.3, -0.25) is 0 Å². The normalized spacial score (nSPS) is 16.2. The SMILES string of the molecule is O[C@@H](CCC(F)(F)F)C(F)(F)F. The van der Waals surface area contributed by atoms with Gasteiger partial charge in [-0.2, -0.15) is 26.3 Å². The minimum Gasteiger partial charge on any atom is -0.384 e. The van der Waals surface area contributed by atoms with Crippen LogP contribution in [-0.4, -0.2) is 23.6 Å². The average Bonchev–Trinajstić information content (AvgIpc) is 1.78. The number of rotatable bonds is 2. The van der Waals surface area contributed by atoms with Crippen molar-refractivity contribution in [1.29, 1.82) is 0 Å². The van der Waals surface area contributed by atoms with Gasteiger partial charge in [0.2, 0.25) is 0 Å². The number of hydrogen-bond acceptors (Lipinski definition) is 1. The highest BCUT2D eigenvalue weighted by Gasteiger charge is 2.40. The molecule has 0 spiro atoms. The zero-order valence-electron chi connectivity index (χ0n) is 5.71. The Kier molecular flexibility index (Phi) is 3.37. The maximum atomic E-state index is 11.4. The van der Waals surface area contributed by atoms with Crippen LogP contribution in [0, 0.1) is 0 Å². The Labute approximate surface area is 64.0 Å². The predicted molar refractivity (Wildman–Crippen MR) is 27.4 cm³/mol. The molecule has 0 saturated carbocycles. The highest BCUT2D eigenvalue weighted by molar-refractivity contribution is 4.66. The van der Waals surface area contributed by atoms with Gasteiger partial charge in [-0.05, 0) is 6.42 Å². The first kappa shape index (κ1) is 11.5. The van der Waals surface area contributed by atoms with Gasteiger partial charge in [-0.1, -0.05) is 0 Å². The van der Waals surface area contributed by atoms with Gasteiger partial charge in [0.25, 0.3) is 0 Å². The Hall–Kier alpha value is -0.460. The van der Waals surface area contributed by atoms with Crippen molar-refractivity contribution in [1.82, 2.24) is 0 Å². The molecule has 1 N–H and O–H groups in total. The summed E-state index contributed by atoms with van der Waals surface area (Å²) in [6.07, 6.45) is -15.5. The van der Waals surface area contributed by atoms with Gasteiger partial charge in [-0.25, -0.2) is 0 Å². The van der Waals surface area contributed by atoms with Gasteiger partial charge in [0.1, 0.15) is 6.10 Å². The lowest BCUT2D eigenvalue weighted by molar-refractivity contribution is -0.215. The van der Waals surface area contributed by atoms with Gasteiger partial charge >= 0.3 is 12.4 Å². The summed E-state index contributed by atoms with van der Waals surface area (Å²) in [4.78, 5) is 0. The minimum absolute atomic E-state index is 1.34. The first-order valence-electron chi connectivity index (χ1n) is 2.94. The molecular weight excluding hydrogens is 190 g/mol. The fraction of sp³-hybridized carbons (Fsp3) is 1.00. The lowest BCUT2D eigenvalue weighted by Crippen LogP contribution is -2.29. The molecule has 0 aliphatic rings. The van der Waals surface area contributed by atoms with Crippen LogP contribution in [0.1, 0.15) is 12.8 Å². The van der Waals surface area contributed by atoms with E-state index in [9.17, 15) is 26.3 Å². The molecule has 1 atom stereocenters. The van der Waals surface area contributed by atoms with Crippen molar-refractivity contribution < 1.29 is 31.4 Å². The first-order valence-corrected chi connectivity index (χ1v) is 2.94. The van der Waals surface area contributed by atoms with Crippen LogP contribution in [-0.2, 0) is 0 Å². The zero-order chi connectivity index (χ0) is 9.99. The van der Waals surface area contributed by atoms with Crippen molar-refractivity contribution in [3.8, 4) is 0 Å². The summed E-state index contributed by atoms with van der Waals surface area (Å²) in [5, 5.41) is 8.12. The molecular formula is C5H6F6O. The van der Waals surface area contributed by atoms with E-state index in [4.69, 9.17) is 5.11 Å². The van der Waals surface area contributed by atoms with Gasteiger partial charge in [0.05, 0.1) is 0 Å². The van der Waals surface area contributed by atoms with Crippen LogP contribution >= 0.6 is 0 Å². The summed E-state index contributed by atoms with van der Waals surface area (Å²) in [5.41, 5.74) is 0. The summed E-state index contributed by atoms with van der Waals surface area (Å²) in [6.45, 7) is 0. The van der Waals surface area contributed by atoms with E-state index in [1.165, 1.54) is 0 Å². The molecule has 0 aromatic rings. The van der Waals surface area contributed by atoms with Crippen molar-refractivity contribution in [2.75, 3.05) is 0 Å². The molecule has 0 aliphatic heterocycles. The molecule has 0 amide bonds. The third kappa shape index (κ3) is 5.22. The molecule has 0 bridgehead atoms. The molecule has 74 valence electrons. The molecule has 0 fully saturated rings. The van der Waals surface area contributed by atoms with E-state index in [0.717, 1.165) is 0 Å². The Bertz CT molecular complexity index is 136. The molecule has 12 heavy (non-hydrogen) atoms. The highest BCUT2D eigenvalue weighted by Crippen LogP contribution is 2.28. The van der Waals surface area contributed by atoms with Crippen LogP contribution in [0.5, 0.6) is 0 Å². The Balaban J connectivity index is 3.80. The molecule has 0 aromatic heterocycles. The largest absolute Gasteiger partial charge is 0.414 e. The number of aliphatic hydroxyl groups is 1. The number of aliphatic hydroxyl groups excluding tert-OH is 1. The highest BCUT2D eigenvalue weighted by atomic mass is 19.4. The molecule has 0 unspecified atom stereocenters. The minimum atomic E-state index is -4.97. The standard InChI is InChI=1S/C5H6F6O/c6-4(7,8)2-1-3(12)5(9,10)11/h3,12H,1-2H2/t3-/m0/s1. The van der Waals surface area contributed by atoms with Gasteiger partial charge in [-0.15, -0.1) is 0 Å². The molecule has 0 aromatic carbocycles. The van der Waals surface area contributed by atoms with Crippen molar-refractivity contribution in [2.24, 2.45) is 0 Å². The van der Waals surface area contributed by atoms with Crippen LogP contribution in [0.4, 0.5) is 26.3 Å². The molecule has 7 heteroatoms. The van der Waals surface area contributed by atoms with Crippen LogP contribution < -0.4 is 0 Å². The maximum absolute atomic E-state index is 11.4. The Morgan fingerprint density at radius 3 is 1.67 bits per heavy atom. The van der Waals surface area contributed by atoms with E-state index in [1.807, 2.05) is 0 Å². The summed E-state index contributed by atoms with van der Waals surface area (Å²) in [7, 11) is 0. The van der Waals surface area contributed by atoms with Gasteiger partial charge < -0.3 is 5.11 Å². The third-order valence-electron chi connectivity index (χ3n) is 1.08. The second kappa shape index (κ2) is 3.51. The third-order valence-corrected chi connectivity index (χ3v) is 1.08. The number of alkyl halides is 6. The summed E-state index contributed by atoms with van der Waals surface area (Å²) in [5.74, 6) is 0. The Morgan fingerprint density at radius 1 is 1.00 bits per heavy atom. The van der Waals surface area contributed by atoms with Crippen molar-refractivity contribution >= 4 is 0 Å². The molecule has 0 radical (unpaired) electrons. The van der Waals surface area contributed by atoms with Crippen molar-refractivity contribution in [2.45, 2.75) is 31.3 Å². The first-order chi connectivity index (χ1) is 5.13. The fourth-order valence-electron chi connectivity index (χ4n) is 0.464. The molecule has 0 aliphatic carbocycles. The van der Waals surface area contributed by atoms with E-state index in [0.29, 0.717) is 0 Å². The van der Waals surface area contributed by atoms with Crippen molar-refractivity contribution in [3.63, 3.8) is 0 Å². The molecule has 0 saturated heterocycles. The lowest BCUT2D eigenvalue weighted by atomic mass is 10.2. The van der Waals surface area contributed by atoms with Gasteiger partial charge in [0, 0.05) is 6.42 Å². The topological polar surface area (TPSA) is 20.2 Å². The lowest BCUT2D eigenvalue weighted by Gasteiger charge is -2.14. The maximum Gasteiger partial charge on any atom is 0.414 e. The summed E-state index contributed by atoms with van der Waals surface area (Å²) >= 11 is 0. The predicted octanol–water partition coefficient (Wildman–Crippen LogP) is 2.25. The van der Waals surface area contributed by atoms with Crippen LogP contribution in [0.15, 0.2) is 0 Å². The van der Waals surface area contributed by atoms with Crippen molar-refractivity contribution in [3.05, 3.63) is 0 Å². The number of hydrogen-bond donors (Lipinski definition) is 1. The quantitative estimate of drug-likeness (QED) is 0.671. The van der Waals surface area contributed by atoms with Crippen LogP contribution in [0.3, 0.4) is 0 Å². The Morgan fingerprint density at radius 2 is 1.42 bits per heavy atom. The smallest absolute Gasteiger partial charge is 0.384 e. The van der Waals surface area contributed by atoms with E-state index < -0.39 is 31.3 Å². The summed E-state index contributed by atoms with van der Waals surface area (Å²) < 4.78 is 68.2. The van der Waals surface area contributed by atoms with Crippen LogP contribution in [0.2, 0.25) is 0 Å².